The van der Waals surface area contributed by atoms with Crippen LogP contribution in [0.1, 0.15) is 5.56 Å². The van der Waals surface area contributed by atoms with Crippen molar-refractivity contribution in [3.05, 3.63) is 63.9 Å². The highest BCUT2D eigenvalue weighted by molar-refractivity contribution is 7.99. The number of fused-ring (bicyclic) bond motifs is 4. The number of halogens is 2. The summed E-state index contributed by atoms with van der Waals surface area (Å²) in [5.74, 6) is -0.562. The van der Waals surface area contributed by atoms with Crippen molar-refractivity contribution in [2.75, 3.05) is 11.1 Å². The van der Waals surface area contributed by atoms with Crippen LogP contribution in [0.2, 0.25) is 0 Å². The number of carbonyl (C=O) groups excluding carboxylic acids is 1. The molecule has 9 heteroatoms. The highest BCUT2D eigenvalue weighted by Gasteiger charge is 2.23. The maximum Gasteiger partial charge on any atom is 0.278 e. The van der Waals surface area contributed by atoms with Crippen molar-refractivity contribution in [1.29, 1.82) is 0 Å². The normalized spacial score (nSPS) is 13.2. The quantitative estimate of drug-likeness (QED) is 0.508. The summed E-state index contributed by atoms with van der Waals surface area (Å²) in [5, 5.41) is 3.73. The van der Waals surface area contributed by atoms with Crippen LogP contribution in [-0.4, -0.2) is 25.8 Å². The second-order valence-electron chi connectivity index (χ2n) is 7.16. The van der Waals surface area contributed by atoms with Gasteiger partial charge < -0.3 is 9.88 Å². The van der Waals surface area contributed by atoms with Crippen molar-refractivity contribution in [3.63, 3.8) is 0 Å². The van der Waals surface area contributed by atoms with Gasteiger partial charge in [-0.15, -0.1) is 0 Å². The number of anilines is 1. The summed E-state index contributed by atoms with van der Waals surface area (Å²) < 4.78 is 30.9. The highest BCUT2D eigenvalue weighted by Crippen LogP contribution is 2.30. The van der Waals surface area contributed by atoms with E-state index in [0.717, 1.165) is 5.75 Å². The van der Waals surface area contributed by atoms with Crippen LogP contribution in [0.15, 0.2) is 46.3 Å². The Morgan fingerprint density at radius 1 is 1.23 bits per heavy atom. The van der Waals surface area contributed by atoms with E-state index in [-0.39, 0.29) is 17.6 Å². The number of benzene rings is 2. The molecule has 0 unspecified atom stereocenters. The van der Waals surface area contributed by atoms with Crippen molar-refractivity contribution in [2.24, 2.45) is 0 Å². The predicted molar refractivity (Wildman–Crippen MR) is 112 cm³/mol. The zero-order chi connectivity index (χ0) is 21.0. The molecular weight excluding hydrogens is 410 g/mol. The van der Waals surface area contributed by atoms with Gasteiger partial charge in [-0.05, 0) is 42.8 Å². The number of aromatic nitrogens is 3. The molecule has 4 aromatic rings. The molecule has 6 nitrogen and oxygen atoms in total. The molecule has 0 bridgehead atoms. The van der Waals surface area contributed by atoms with Crippen molar-refractivity contribution in [3.8, 4) is 0 Å². The Kier molecular flexibility index (Phi) is 4.35. The van der Waals surface area contributed by atoms with Gasteiger partial charge in [-0.3, -0.25) is 14.2 Å². The lowest BCUT2D eigenvalue weighted by Crippen LogP contribution is -2.25. The van der Waals surface area contributed by atoms with E-state index in [4.69, 9.17) is 0 Å². The van der Waals surface area contributed by atoms with Crippen molar-refractivity contribution < 1.29 is 13.6 Å². The summed E-state index contributed by atoms with van der Waals surface area (Å²) >= 11 is 1.47. The molecule has 0 saturated heterocycles. The number of thioether (sulfide) groups is 1. The molecule has 0 saturated carbocycles. The molecule has 0 radical (unpaired) electrons. The van der Waals surface area contributed by atoms with Gasteiger partial charge in [0.2, 0.25) is 5.91 Å². The molecule has 1 amide bonds. The van der Waals surface area contributed by atoms with Gasteiger partial charge in [-0.25, -0.2) is 13.8 Å². The molecule has 0 atom stereocenters. The van der Waals surface area contributed by atoms with E-state index in [1.165, 1.54) is 36.0 Å². The Hall–Kier alpha value is -3.20. The summed E-state index contributed by atoms with van der Waals surface area (Å²) in [5.41, 5.74) is 1.71. The minimum Gasteiger partial charge on any atom is -0.325 e. The van der Waals surface area contributed by atoms with Crippen molar-refractivity contribution >= 4 is 45.3 Å². The maximum atomic E-state index is 13.9. The summed E-state index contributed by atoms with van der Waals surface area (Å²) in [4.78, 5) is 30.4. The fourth-order valence-electron chi connectivity index (χ4n) is 3.72. The standard InChI is InChI=1S/C21H16F2N4O2S/c1-11-2-4-13(9-15(11)23)24-17(28)10-27-16-5-3-12(22)8-14(16)18-19(27)20(29)26-6-7-30-21(26)25-18/h2-5,8-9H,6-7,10H2,1H3,(H,24,28). The number of amides is 1. The van der Waals surface area contributed by atoms with Gasteiger partial charge in [0.25, 0.3) is 5.56 Å². The van der Waals surface area contributed by atoms with Crippen LogP contribution < -0.4 is 10.9 Å². The Bertz CT molecular complexity index is 1410. The van der Waals surface area contributed by atoms with Crippen LogP contribution in [0.25, 0.3) is 21.9 Å². The van der Waals surface area contributed by atoms with E-state index < -0.39 is 17.5 Å². The molecule has 0 spiro atoms. The first kappa shape index (κ1) is 18.8. The average Bonchev–Trinajstić information content (AvgIpc) is 3.29. The molecular formula is C21H16F2N4O2S. The molecule has 1 aliphatic heterocycles. The molecule has 0 aliphatic carbocycles. The molecule has 2 aromatic carbocycles. The molecule has 2 aromatic heterocycles. The van der Waals surface area contributed by atoms with E-state index in [1.54, 1.807) is 28.2 Å². The third-order valence-electron chi connectivity index (χ3n) is 5.19. The Balaban J connectivity index is 1.63. The monoisotopic (exact) mass is 426 g/mol. The number of hydrogen-bond acceptors (Lipinski definition) is 4. The van der Waals surface area contributed by atoms with Crippen LogP contribution in [-0.2, 0) is 17.9 Å². The van der Waals surface area contributed by atoms with Crippen LogP contribution >= 0.6 is 11.8 Å². The van der Waals surface area contributed by atoms with Gasteiger partial charge in [0.05, 0.1) is 5.52 Å². The summed E-state index contributed by atoms with van der Waals surface area (Å²) in [6.45, 7) is 1.98. The summed E-state index contributed by atoms with van der Waals surface area (Å²) in [6, 6.07) is 8.57. The minimum atomic E-state index is -0.448. The van der Waals surface area contributed by atoms with E-state index in [9.17, 15) is 18.4 Å². The zero-order valence-electron chi connectivity index (χ0n) is 15.9. The van der Waals surface area contributed by atoms with Gasteiger partial charge >= 0.3 is 0 Å². The molecule has 0 fully saturated rings. The maximum absolute atomic E-state index is 13.9. The average molecular weight is 426 g/mol. The lowest BCUT2D eigenvalue weighted by atomic mass is 10.2. The number of hydrogen-bond donors (Lipinski definition) is 1. The first-order chi connectivity index (χ1) is 14.4. The third kappa shape index (κ3) is 2.97. The van der Waals surface area contributed by atoms with E-state index in [1.807, 2.05) is 0 Å². The smallest absolute Gasteiger partial charge is 0.278 e. The Morgan fingerprint density at radius 3 is 2.87 bits per heavy atom. The lowest BCUT2D eigenvalue weighted by Gasteiger charge is -2.10. The van der Waals surface area contributed by atoms with Crippen molar-refractivity contribution in [1.82, 2.24) is 14.1 Å². The van der Waals surface area contributed by atoms with Crippen LogP contribution in [0.3, 0.4) is 0 Å². The van der Waals surface area contributed by atoms with Crippen molar-refractivity contribution in [2.45, 2.75) is 25.2 Å². The SMILES string of the molecule is Cc1ccc(NC(=O)Cn2c3ccc(F)cc3c3nc4n(c(=O)c32)CCS4)cc1F. The Morgan fingerprint density at radius 2 is 2.07 bits per heavy atom. The molecule has 5 rings (SSSR count). The number of rotatable bonds is 3. The highest BCUT2D eigenvalue weighted by atomic mass is 32.2. The molecule has 30 heavy (non-hydrogen) atoms. The van der Waals surface area contributed by atoms with E-state index in [2.05, 4.69) is 10.3 Å². The number of nitrogens with one attached hydrogen (secondary N) is 1. The lowest BCUT2D eigenvalue weighted by molar-refractivity contribution is -0.116. The molecule has 1 N–H and O–H groups in total. The number of aryl methyl sites for hydroxylation is 1. The van der Waals surface area contributed by atoms with Gasteiger partial charge in [0.1, 0.15) is 29.2 Å². The number of carbonyl (C=O) groups is 1. The van der Waals surface area contributed by atoms with Crippen LogP contribution in [0.5, 0.6) is 0 Å². The molecule has 1 aliphatic rings. The first-order valence-corrected chi connectivity index (χ1v) is 10.3. The second-order valence-corrected chi connectivity index (χ2v) is 8.22. The van der Waals surface area contributed by atoms with Crippen LogP contribution in [0, 0.1) is 18.6 Å². The minimum absolute atomic E-state index is 0.190. The fraction of sp³-hybridized carbons (Fsp3) is 0.190. The first-order valence-electron chi connectivity index (χ1n) is 9.33. The number of nitrogens with zero attached hydrogens (tertiary/aromatic N) is 3. The van der Waals surface area contributed by atoms with E-state index >= 15 is 0 Å². The van der Waals surface area contributed by atoms with Gasteiger partial charge in [0.15, 0.2) is 5.16 Å². The topological polar surface area (TPSA) is 68.9 Å². The molecule has 3 heterocycles. The van der Waals surface area contributed by atoms with Crippen LogP contribution in [0.4, 0.5) is 14.5 Å². The zero-order valence-corrected chi connectivity index (χ0v) is 16.7. The third-order valence-corrected chi connectivity index (χ3v) is 6.14. The van der Waals surface area contributed by atoms with Gasteiger partial charge in [-0.2, -0.15) is 0 Å². The van der Waals surface area contributed by atoms with E-state index in [0.29, 0.717) is 39.4 Å². The fourth-order valence-corrected chi connectivity index (χ4v) is 4.67. The second kappa shape index (κ2) is 6.94. The van der Waals surface area contributed by atoms with Gasteiger partial charge in [-0.1, -0.05) is 17.8 Å². The largest absolute Gasteiger partial charge is 0.325 e. The predicted octanol–water partition coefficient (Wildman–Crippen LogP) is 3.68. The summed E-state index contributed by atoms with van der Waals surface area (Å²) in [7, 11) is 0. The molecule has 152 valence electrons. The Labute approximate surface area is 173 Å². The summed E-state index contributed by atoms with van der Waals surface area (Å²) in [6.07, 6.45) is 0. The van der Waals surface area contributed by atoms with Gasteiger partial charge in [0, 0.05) is 23.4 Å².